The van der Waals surface area contributed by atoms with Gasteiger partial charge < -0.3 is 25.3 Å². The lowest BCUT2D eigenvalue weighted by Crippen LogP contribution is -2.20. The van der Waals surface area contributed by atoms with Crippen LogP contribution >= 0.6 is 0 Å². The topological polar surface area (TPSA) is 135 Å². The summed E-state index contributed by atoms with van der Waals surface area (Å²) in [6.07, 6.45) is 0. The number of hydrogen-bond donors (Lipinski definition) is 4. The zero-order valence-electron chi connectivity index (χ0n) is 13.3. The summed E-state index contributed by atoms with van der Waals surface area (Å²) >= 11 is 0. The molecule has 2 aromatic rings. The molecule has 0 aliphatic carbocycles. The van der Waals surface area contributed by atoms with Gasteiger partial charge in [0.2, 0.25) is 0 Å². The van der Waals surface area contributed by atoms with Crippen molar-refractivity contribution in [2.75, 3.05) is 19.0 Å². The molecule has 130 valence electrons. The Labute approximate surface area is 142 Å². The predicted molar refractivity (Wildman–Crippen MR) is 87.9 cm³/mol. The molecule has 8 heteroatoms. The summed E-state index contributed by atoms with van der Waals surface area (Å²) in [6, 6.07) is 7.39. The van der Waals surface area contributed by atoms with E-state index in [-0.39, 0.29) is 5.56 Å². The maximum absolute atomic E-state index is 12.7. The average Bonchev–Trinajstić information content (AvgIpc) is 2.53. The smallest absolute Gasteiger partial charge is 0.340 e. The van der Waals surface area contributed by atoms with Crippen LogP contribution in [0.5, 0.6) is 11.5 Å². The molecule has 25 heavy (non-hydrogen) atoms. The van der Waals surface area contributed by atoms with E-state index in [1.165, 1.54) is 38.4 Å². The maximum Gasteiger partial charge on any atom is 0.340 e. The van der Waals surface area contributed by atoms with E-state index in [1.807, 2.05) is 0 Å². The molecule has 0 radical (unpaired) electrons. The summed E-state index contributed by atoms with van der Waals surface area (Å²) in [5, 5.41) is 39.4. The van der Waals surface area contributed by atoms with Crippen molar-refractivity contribution < 1.29 is 34.8 Å². The average molecular weight is 345 g/mol. The number of carboxylic acids is 2. The highest BCUT2D eigenvalue weighted by Gasteiger charge is 2.35. The molecule has 4 N–H and O–H groups in total. The van der Waals surface area contributed by atoms with Crippen LogP contribution in [0.2, 0.25) is 0 Å². The number of benzene rings is 2. The van der Waals surface area contributed by atoms with Gasteiger partial charge in [0.25, 0.3) is 0 Å². The third-order valence-electron chi connectivity index (χ3n) is 3.56. The molecule has 0 aliphatic rings. The van der Waals surface area contributed by atoms with Crippen molar-refractivity contribution >= 4 is 23.4 Å². The van der Waals surface area contributed by atoms with Crippen molar-refractivity contribution in [3.63, 3.8) is 0 Å². The maximum atomic E-state index is 12.7. The molecule has 0 bridgehead atoms. The lowest BCUT2D eigenvalue weighted by molar-refractivity contribution is 0.0686. The summed E-state index contributed by atoms with van der Waals surface area (Å²) in [5.41, 5.74) is -2.93. The fourth-order valence-electron chi connectivity index (χ4n) is 2.51. The van der Waals surface area contributed by atoms with E-state index >= 15 is 0 Å². The first-order valence-corrected chi connectivity index (χ1v) is 7.04. The number of phenols is 2. The van der Waals surface area contributed by atoms with Gasteiger partial charge in [-0.05, 0) is 0 Å². The first kappa shape index (κ1) is 17.8. The summed E-state index contributed by atoms with van der Waals surface area (Å²) in [7, 11) is 2.76. The van der Waals surface area contributed by atoms with Crippen molar-refractivity contribution in [2.24, 2.45) is 0 Å². The first-order valence-electron chi connectivity index (χ1n) is 7.04. The van der Waals surface area contributed by atoms with Gasteiger partial charge in [-0.1, -0.05) is 30.3 Å². The molecule has 0 unspecified atom stereocenters. The summed E-state index contributed by atoms with van der Waals surface area (Å²) in [6.45, 7) is 0. The second kappa shape index (κ2) is 6.52. The number of aromatic hydroxyl groups is 2. The summed E-state index contributed by atoms with van der Waals surface area (Å²) < 4.78 is 0. The Balaban J connectivity index is 2.97. The van der Waals surface area contributed by atoms with Gasteiger partial charge in [-0.2, -0.15) is 0 Å². The highest BCUT2D eigenvalue weighted by molar-refractivity contribution is 6.21. The molecule has 0 aliphatic heterocycles. The Bertz CT molecular complexity index is 831. The largest absolute Gasteiger partial charge is 0.505 e. The second-order valence-corrected chi connectivity index (χ2v) is 5.37. The number of carbonyl (C=O) groups is 3. The van der Waals surface area contributed by atoms with Crippen LogP contribution in [0.1, 0.15) is 36.6 Å². The number of aromatic carboxylic acids is 2. The number of carboxylic acid groups (broad SMARTS) is 2. The van der Waals surface area contributed by atoms with E-state index in [9.17, 15) is 34.8 Å². The van der Waals surface area contributed by atoms with Crippen LogP contribution in [0, 0.1) is 0 Å². The molecule has 2 rings (SSSR count). The fourth-order valence-corrected chi connectivity index (χ4v) is 2.51. The van der Waals surface area contributed by atoms with Crippen molar-refractivity contribution in [1.29, 1.82) is 0 Å². The highest BCUT2D eigenvalue weighted by Crippen LogP contribution is 2.44. The van der Waals surface area contributed by atoms with E-state index < -0.39 is 51.6 Å². The van der Waals surface area contributed by atoms with Crippen LogP contribution in [0.25, 0.3) is 0 Å². The lowest BCUT2D eigenvalue weighted by Gasteiger charge is -2.21. The number of hydrogen-bond acceptors (Lipinski definition) is 6. The van der Waals surface area contributed by atoms with E-state index in [0.717, 1.165) is 4.90 Å². The van der Waals surface area contributed by atoms with Crippen LogP contribution in [-0.4, -0.2) is 52.2 Å². The van der Waals surface area contributed by atoms with Gasteiger partial charge in [0.05, 0.1) is 5.56 Å². The number of carbonyl (C=O) groups excluding carboxylic acids is 1. The van der Waals surface area contributed by atoms with E-state index in [1.54, 1.807) is 6.07 Å². The van der Waals surface area contributed by atoms with Crippen LogP contribution in [0.15, 0.2) is 30.3 Å². The zero-order chi connectivity index (χ0) is 18.9. The molecule has 8 nitrogen and oxygen atoms in total. The molecule has 0 saturated carbocycles. The standard InChI is InChI=1S/C17H15NO7/c1-18(2)12-14(20)10(16(22)23)9(11(15(12)21)17(24)25)13(19)8-6-4-3-5-7-8/h3-7,20-21H,1-2H3,(H,22,23)(H,24,25). The lowest BCUT2D eigenvalue weighted by atomic mass is 9.90. The second-order valence-electron chi connectivity index (χ2n) is 5.37. The number of rotatable bonds is 5. The predicted octanol–water partition coefficient (Wildman–Crippen LogP) is 1.79. The van der Waals surface area contributed by atoms with Gasteiger partial charge >= 0.3 is 11.9 Å². The first-order chi connectivity index (χ1) is 11.7. The quantitative estimate of drug-likeness (QED) is 0.602. The minimum atomic E-state index is -1.69. The number of nitrogens with zero attached hydrogens (tertiary/aromatic N) is 1. The SMILES string of the molecule is CN(C)c1c(O)c(C(=O)O)c(C(=O)c2ccccc2)c(C(=O)O)c1O. The third-order valence-corrected chi connectivity index (χ3v) is 3.56. The molecule has 0 aromatic heterocycles. The van der Waals surface area contributed by atoms with Crippen molar-refractivity contribution in [2.45, 2.75) is 0 Å². The summed E-state index contributed by atoms with van der Waals surface area (Å²) in [5.74, 6) is -6.10. The van der Waals surface area contributed by atoms with Crippen LogP contribution < -0.4 is 4.90 Å². The van der Waals surface area contributed by atoms with Crippen LogP contribution in [-0.2, 0) is 0 Å². The van der Waals surface area contributed by atoms with E-state index in [4.69, 9.17) is 0 Å². The Hall–Kier alpha value is -3.55. The molecule has 0 saturated heterocycles. The van der Waals surface area contributed by atoms with E-state index in [2.05, 4.69) is 0 Å². The van der Waals surface area contributed by atoms with Gasteiger partial charge in [0, 0.05) is 19.7 Å². The molecule has 0 fully saturated rings. The van der Waals surface area contributed by atoms with Crippen LogP contribution in [0.4, 0.5) is 5.69 Å². The van der Waals surface area contributed by atoms with Crippen molar-refractivity contribution in [3.8, 4) is 11.5 Å². The Kier molecular flexibility index (Phi) is 4.64. The minimum Gasteiger partial charge on any atom is -0.505 e. The van der Waals surface area contributed by atoms with Crippen molar-refractivity contribution in [3.05, 3.63) is 52.6 Å². The number of anilines is 1. The van der Waals surface area contributed by atoms with Crippen molar-refractivity contribution in [1.82, 2.24) is 0 Å². The number of ketones is 1. The van der Waals surface area contributed by atoms with Gasteiger partial charge in [-0.25, -0.2) is 9.59 Å². The van der Waals surface area contributed by atoms with Gasteiger partial charge in [-0.15, -0.1) is 0 Å². The Morgan fingerprint density at radius 3 is 1.60 bits per heavy atom. The van der Waals surface area contributed by atoms with Gasteiger partial charge in [-0.3, -0.25) is 4.79 Å². The summed E-state index contributed by atoms with van der Waals surface area (Å²) in [4.78, 5) is 37.1. The molecule has 2 aromatic carbocycles. The minimum absolute atomic E-state index is 0.0175. The molecule has 0 heterocycles. The molecular weight excluding hydrogens is 330 g/mol. The molecular formula is C17H15NO7. The zero-order valence-corrected chi connectivity index (χ0v) is 13.3. The highest BCUT2D eigenvalue weighted by atomic mass is 16.4. The fraction of sp³-hybridized carbons (Fsp3) is 0.118. The molecule has 0 amide bonds. The Morgan fingerprint density at radius 1 is 0.800 bits per heavy atom. The molecule has 0 atom stereocenters. The Morgan fingerprint density at radius 2 is 1.24 bits per heavy atom. The van der Waals surface area contributed by atoms with Gasteiger partial charge in [0.1, 0.15) is 16.8 Å². The van der Waals surface area contributed by atoms with Crippen LogP contribution in [0.3, 0.4) is 0 Å². The van der Waals surface area contributed by atoms with Gasteiger partial charge in [0.15, 0.2) is 17.3 Å². The monoisotopic (exact) mass is 345 g/mol. The third kappa shape index (κ3) is 2.97. The molecule has 0 spiro atoms. The van der Waals surface area contributed by atoms with E-state index in [0.29, 0.717) is 0 Å². The normalized spacial score (nSPS) is 10.3.